The number of nitrogens with zero attached hydrogens (tertiary/aromatic N) is 1. The van der Waals surface area contributed by atoms with Crippen molar-refractivity contribution in [1.82, 2.24) is 9.88 Å². The quantitative estimate of drug-likeness (QED) is 0.612. The van der Waals surface area contributed by atoms with Gasteiger partial charge in [-0.25, -0.2) is 0 Å². The molecular formula is C23H26N2O. The molecule has 0 saturated carbocycles. The maximum atomic E-state index is 13.0. The average molecular weight is 346 g/mol. The lowest BCUT2D eigenvalue weighted by molar-refractivity contribution is 0.0942. The summed E-state index contributed by atoms with van der Waals surface area (Å²) in [6.07, 6.45) is 1.84. The van der Waals surface area contributed by atoms with Crippen LogP contribution in [0.5, 0.6) is 0 Å². The highest BCUT2D eigenvalue weighted by Gasteiger charge is 2.20. The van der Waals surface area contributed by atoms with Crippen LogP contribution < -0.4 is 5.32 Å². The maximum absolute atomic E-state index is 13.0. The van der Waals surface area contributed by atoms with Gasteiger partial charge in [0.1, 0.15) is 5.69 Å². The SMILES string of the molecule is C=CCn1c(C(=O)NCc2ccccc2)c(C)c2cc(C(C)C)ccc21. The van der Waals surface area contributed by atoms with Crippen LogP contribution in [0.2, 0.25) is 0 Å². The molecule has 3 nitrogen and oxygen atoms in total. The highest BCUT2D eigenvalue weighted by molar-refractivity contribution is 6.01. The predicted octanol–water partition coefficient (Wildman–Crippen LogP) is 5.19. The number of amides is 1. The number of hydrogen-bond acceptors (Lipinski definition) is 1. The van der Waals surface area contributed by atoms with Gasteiger partial charge in [0.2, 0.25) is 0 Å². The Bertz CT molecular complexity index is 936. The molecule has 0 spiro atoms. The van der Waals surface area contributed by atoms with Gasteiger partial charge in [-0.1, -0.05) is 56.3 Å². The molecule has 0 aliphatic heterocycles. The number of nitrogens with one attached hydrogen (secondary N) is 1. The van der Waals surface area contributed by atoms with Gasteiger partial charge >= 0.3 is 0 Å². The second-order valence-electron chi connectivity index (χ2n) is 6.97. The molecule has 134 valence electrons. The Kier molecular flexibility index (Phi) is 5.27. The third kappa shape index (κ3) is 3.43. The van der Waals surface area contributed by atoms with E-state index in [1.807, 2.05) is 43.3 Å². The first-order valence-electron chi connectivity index (χ1n) is 9.08. The van der Waals surface area contributed by atoms with E-state index in [0.29, 0.717) is 19.0 Å². The van der Waals surface area contributed by atoms with E-state index in [-0.39, 0.29) is 5.91 Å². The number of carbonyl (C=O) groups is 1. The fourth-order valence-electron chi connectivity index (χ4n) is 3.37. The highest BCUT2D eigenvalue weighted by Crippen LogP contribution is 2.29. The molecule has 26 heavy (non-hydrogen) atoms. The first-order valence-corrected chi connectivity index (χ1v) is 9.08. The van der Waals surface area contributed by atoms with Gasteiger partial charge in [-0.3, -0.25) is 4.79 Å². The van der Waals surface area contributed by atoms with Crippen molar-refractivity contribution in [3.05, 3.63) is 83.6 Å². The molecule has 0 saturated heterocycles. The molecule has 3 aromatic rings. The molecule has 0 bridgehead atoms. The molecule has 3 heteroatoms. The lowest BCUT2D eigenvalue weighted by Gasteiger charge is -2.10. The third-order valence-electron chi connectivity index (χ3n) is 4.83. The Labute approximate surface area is 155 Å². The summed E-state index contributed by atoms with van der Waals surface area (Å²) in [5.74, 6) is 0.410. The molecular weight excluding hydrogens is 320 g/mol. The van der Waals surface area contributed by atoms with Crippen molar-refractivity contribution in [2.45, 2.75) is 39.8 Å². The Morgan fingerprint density at radius 3 is 2.58 bits per heavy atom. The highest BCUT2D eigenvalue weighted by atomic mass is 16.1. The molecule has 1 aromatic heterocycles. The molecule has 0 atom stereocenters. The standard InChI is InChI=1S/C23H26N2O/c1-5-13-25-21-12-11-19(16(2)3)14-20(21)17(4)22(25)23(26)24-15-18-9-7-6-8-10-18/h5-12,14,16H,1,13,15H2,2-4H3,(H,24,26). The molecule has 1 heterocycles. The Balaban J connectivity index is 2.00. The van der Waals surface area contributed by atoms with Crippen LogP contribution in [-0.2, 0) is 13.1 Å². The third-order valence-corrected chi connectivity index (χ3v) is 4.83. The van der Waals surface area contributed by atoms with E-state index in [2.05, 4.69) is 48.5 Å². The van der Waals surface area contributed by atoms with Gasteiger partial charge < -0.3 is 9.88 Å². The van der Waals surface area contributed by atoms with Gasteiger partial charge in [-0.2, -0.15) is 0 Å². The van der Waals surface area contributed by atoms with Crippen LogP contribution in [0.3, 0.4) is 0 Å². The number of aromatic nitrogens is 1. The van der Waals surface area contributed by atoms with Crippen LogP contribution in [0.15, 0.2) is 61.2 Å². The van der Waals surface area contributed by atoms with Crippen LogP contribution in [0.25, 0.3) is 10.9 Å². The van der Waals surface area contributed by atoms with E-state index in [0.717, 1.165) is 27.7 Å². The van der Waals surface area contributed by atoms with E-state index in [1.54, 1.807) is 0 Å². The average Bonchev–Trinajstić information content (AvgIpc) is 2.92. The minimum absolute atomic E-state index is 0.0458. The lowest BCUT2D eigenvalue weighted by atomic mass is 10.0. The Morgan fingerprint density at radius 2 is 1.92 bits per heavy atom. The molecule has 0 aliphatic carbocycles. The van der Waals surface area contributed by atoms with E-state index in [9.17, 15) is 4.79 Å². The van der Waals surface area contributed by atoms with Crippen molar-refractivity contribution >= 4 is 16.8 Å². The monoisotopic (exact) mass is 346 g/mol. The van der Waals surface area contributed by atoms with Gasteiger partial charge in [0.05, 0.1) is 0 Å². The van der Waals surface area contributed by atoms with Gasteiger partial charge in [0, 0.05) is 24.0 Å². The largest absolute Gasteiger partial charge is 0.347 e. The number of fused-ring (bicyclic) bond motifs is 1. The van der Waals surface area contributed by atoms with E-state index < -0.39 is 0 Å². The van der Waals surface area contributed by atoms with Crippen molar-refractivity contribution in [2.24, 2.45) is 0 Å². The summed E-state index contributed by atoms with van der Waals surface area (Å²) in [6.45, 7) is 11.4. The zero-order chi connectivity index (χ0) is 18.7. The first kappa shape index (κ1) is 18.0. The second kappa shape index (κ2) is 7.61. The van der Waals surface area contributed by atoms with Crippen LogP contribution in [0.1, 0.15) is 46.9 Å². The van der Waals surface area contributed by atoms with Crippen molar-refractivity contribution in [1.29, 1.82) is 0 Å². The first-order chi connectivity index (χ1) is 12.5. The number of hydrogen-bond donors (Lipinski definition) is 1. The van der Waals surface area contributed by atoms with E-state index in [4.69, 9.17) is 0 Å². The maximum Gasteiger partial charge on any atom is 0.268 e. The van der Waals surface area contributed by atoms with Crippen molar-refractivity contribution in [3.63, 3.8) is 0 Å². The van der Waals surface area contributed by atoms with Gasteiger partial charge in [0.25, 0.3) is 5.91 Å². The number of aryl methyl sites for hydroxylation is 1. The Hall–Kier alpha value is -2.81. The summed E-state index contributed by atoms with van der Waals surface area (Å²) in [5, 5.41) is 4.20. The molecule has 1 amide bonds. The summed E-state index contributed by atoms with van der Waals surface area (Å²) in [6, 6.07) is 16.5. The van der Waals surface area contributed by atoms with Gasteiger partial charge in [-0.05, 0) is 41.7 Å². The molecule has 1 N–H and O–H groups in total. The van der Waals surface area contributed by atoms with Gasteiger partial charge in [-0.15, -0.1) is 6.58 Å². The minimum Gasteiger partial charge on any atom is -0.347 e. The summed E-state index contributed by atoms with van der Waals surface area (Å²) < 4.78 is 2.06. The van der Waals surface area contributed by atoms with Crippen LogP contribution in [-0.4, -0.2) is 10.5 Å². The van der Waals surface area contributed by atoms with Crippen LogP contribution >= 0.6 is 0 Å². The van der Waals surface area contributed by atoms with Crippen molar-refractivity contribution in [3.8, 4) is 0 Å². The number of allylic oxidation sites excluding steroid dienone is 1. The summed E-state index contributed by atoms with van der Waals surface area (Å²) in [4.78, 5) is 13.0. The zero-order valence-corrected chi connectivity index (χ0v) is 15.8. The van der Waals surface area contributed by atoms with E-state index in [1.165, 1.54) is 5.56 Å². The lowest BCUT2D eigenvalue weighted by Crippen LogP contribution is -2.26. The zero-order valence-electron chi connectivity index (χ0n) is 15.8. The molecule has 2 aromatic carbocycles. The Morgan fingerprint density at radius 1 is 1.19 bits per heavy atom. The fraction of sp³-hybridized carbons (Fsp3) is 0.261. The van der Waals surface area contributed by atoms with Crippen LogP contribution in [0, 0.1) is 6.92 Å². The van der Waals surface area contributed by atoms with Crippen molar-refractivity contribution < 1.29 is 4.79 Å². The molecule has 0 aliphatic rings. The van der Waals surface area contributed by atoms with E-state index >= 15 is 0 Å². The second-order valence-corrected chi connectivity index (χ2v) is 6.97. The normalized spacial score (nSPS) is 11.1. The smallest absolute Gasteiger partial charge is 0.268 e. The number of benzene rings is 2. The van der Waals surface area contributed by atoms with Crippen LogP contribution in [0.4, 0.5) is 0 Å². The molecule has 0 fully saturated rings. The predicted molar refractivity (Wildman–Crippen MR) is 109 cm³/mol. The number of rotatable bonds is 6. The molecule has 0 radical (unpaired) electrons. The number of carbonyl (C=O) groups excluding carboxylic acids is 1. The fourth-order valence-corrected chi connectivity index (χ4v) is 3.37. The molecule has 3 rings (SSSR count). The summed E-state index contributed by atoms with van der Waals surface area (Å²) in [7, 11) is 0. The minimum atomic E-state index is -0.0458. The topological polar surface area (TPSA) is 34.0 Å². The van der Waals surface area contributed by atoms with Gasteiger partial charge in [0.15, 0.2) is 0 Å². The summed E-state index contributed by atoms with van der Waals surface area (Å²) in [5.41, 5.74) is 5.20. The molecule has 0 unspecified atom stereocenters. The van der Waals surface area contributed by atoms with Crippen molar-refractivity contribution in [2.75, 3.05) is 0 Å². The summed E-state index contributed by atoms with van der Waals surface area (Å²) >= 11 is 0.